The molecule has 0 aliphatic heterocycles. The number of anilines is 1. The molecule has 0 bridgehead atoms. The topological polar surface area (TPSA) is 76.7 Å². The summed E-state index contributed by atoms with van der Waals surface area (Å²) in [5.41, 5.74) is 2.68. The van der Waals surface area contributed by atoms with Crippen LogP contribution in [0.25, 0.3) is 0 Å². The van der Waals surface area contributed by atoms with Gasteiger partial charge in [0.25, 0.3) is 11.8 Å². The molecule has 0 spiro atoms. The van der Waals surface area contributed by atoms with Crippen LogP contribution < -0.4 is 15.4 Å². The van der Waals surface area contributed by atoms with Gasteiger partial charge in [-0.3, -0.25) is 9.59 Å². The Hall–Kier alpha value is -2.38. The minimum atomic E-state index is -0.264. The summed E-state index contributed by atoms with van der Waals surface area (Å²) in [5, 5.41) is 6.49. The molecule has 1 aromatic heterocycles. The van der Waals surface area contributed by atoms with E-state index in [-0.39, 0.29) is 18.4 Å². The van der Waals surface area contributed by atoms with Crippen molar-refractivity contribution in [1.29, 1.82) is 0 Å². The van der Waals surface area contributed by atoms with Crippen LogP contribution in [0.5, 0.6) is 5.75 Å². The summed E-state index contributed by atoms with van der Waals surface area (Å²) in [5.74, 6) is 0.292. The van der Waals surface area contributed by atoms with Crippen LogP contribution in [0.3, 0.4) is 0 Å². The Labute approximate surface area is 175 Å². The van der Waals surface area contributed by atoms with E-state index in [1.54, 1.807) is 7.11 Å². The summed E-state index contributed by atoms with van der Waals surface area (Å²) < 4.78 is 10.7. The van der Waals surface area contributed by atoms with Gasteiger partial charge in [0.15, 0.2) is 6.61 Å². The van der Waals surface area contributed by atoms with Crippen molar-refractivity contribution in [1.82, 2.24) is 5.32 Å². The number of thiophene rings is 1. The molecule has 1 heterocycles. The summed E-state index contributed by atoms with van der Waals surface area (Å²) in [6.45, 7) is 2.98. The smallest absolute Gasteiger partial charge is 0.262 e. The molecular weight excluding hydrogens is 388 g/mol. The summed E-state index contributed by atoms with van der Waals surface area (Å²) in [7, 11) is 1.64. The molecule has 2 N–H and O–H groups in total. The Kier molecular flexibility index (Phi) is 7.66. The van der Waals surface area contributed by atoms with E-state index in [4.69, 9.17) is 9.47 Å². The first-order chi connectivity index (χ1) is 14.1. The van der Waals surface area contributed by atoms with Crippen LogP contribution in [0, 0.1) is 6.92 Å². The van der Waals surface area contributed by atoms with Gasteiger partial charge in [-0.05, 0) is 56.2 Å². The standard InChI is InChI=1S/C22H28N2O4S/c1-15-8-3-5-10-17(15)28-14-19(25)24-22-20(21(26)23-12-7-13-27-2)16-9-4-6-11-18(16)29-22/h3,5,8,10H,4,6-7,9,11-14H2,1-2H3,(H,23,26)(H,24,25). The van der Waals surface area contributed by atoms with Crippen molar-refractivity contribution in [3.05, 3.63) is 45.8 Å². The number of hydrogen-bond donors (Lipinski definition) is 2. The van der Waals surface area contributed by atoms with E-state index in [1.807, 2.05) is 31.2 Å². The van der Waals surface area contributed by atoms with Gasteiger partial charge in [0.1, 0.15) is 10.8 Å². The maximum atomic E-state index is 12.8. The molecule has 0 saturated heterocycles. The Morgan fingerprint density at radius 2 is 1.97 bits per heavy atom. The number of hydrogen-bond acceptors (Lipinski definition) is 5. The van der Waals surface area contributed by atoms with E-state index in [0.717, 1.165) is 43.2 Å². The first-order valence-electron chi connectivity index (χ1n) is 10.00. The second-order valence-electron chi connectivity index (χ2n) is 7.12. The van der Waals surface area contributed by atoms with Crippen molar-refractivity contribution in [2.24, 2.45) is 0 Å². The number of ether oxygens (including phenoxy) is 2. The highest BCUT2D eigenvalue weighted by molar-refractivity contribution is 7.17. The minimum absolute atomic E-state index is 0.0949. The predicted octanol–water partition coefficient (Wildman–Crippen LogP) is 3.72. The van der Waals surface area contributed by atoms with Crippen molar-refractivity contribution < 1.29 is 19.1 Å². The summed E-state index contributed by atoms with van der Waals surface area (Å²) in [6, 6.07) is 7.58. The van der Waals surface area contributed by atoms with Gasteiger partial charge in [-0.15, -0.1) is 11.3 Å². The van der Waals surface area contributed by atoms with Gasteiger partial charge in [0.2, 0.25) is 0 Å². The first-order valence-corrected chi connectivity index (χ1v) is 10.8. The number of rotatable bonds is 9. The van der Waals surface area contributed by atoms with E-state index >= 15 is 0 Å². The number of carbonyl (C=O) groups excluding carboxylic acids is 2. The molecule has 6 nitrogen and oxygen atoms in total. The maximum absolute atomic E-state index is 12.8. The molecule has 2 aromatic rings. The molecule has 1 aliphatic carbocycles. The average Bonchev–Trinajstić information content (AvgIpc) is 3.08. The third-order valence-corrected chi connectivity index (χ3v) is 6.12. The number of amides is 2. The molecule has 0 atom stereocenters. The van der Waals surface area contributed by atoms with Crippen LogP contribution in [-0.2, 0) is 22.4 Å². The van der Waals surface area contributed by atoms with Crippen LogP contribution in [-0.4, -0.2) is 38.7 Å². The van der Waals surface area contributed by atoms with Crippen molar-refractivity contribution in [2.45, 2.75) is 39.0 Å². The highest BCUT2D eigenvalue weighted by Crippen LogP contribution is 2.38. The summed E-state index contributed by atoms with van der Waals surface area (Å²) >= 11 is 1.51. The normalized spacial score (nSPS) is 12.9. The van der Waals surface area contributed by atoms with E-state index in [0.29, 0.717) is 29.5 Å². The van der Waals surface area contributed by atoms with Crippen LogP contribution in [0.15, 0.2) is 24.3 Å². The zero-order valence-electron chi connectivity index (χ0n) is 17.0. The molecule has 0 radical (unpaired) electrons. The van der Waals surface area contributed by atoms with Gasteiger partial charge < -0.3 is 20.1 Å². The van der Waals surface area contributed by atoms with Crippen LogP contribution in [0.2, 0.25) is 0 Å². The van der Waals surface area contributed by atoms with Gasteiger partial charge in [0.05, 0.1) is 5.56 Å². The van der Waals surface area contributed by atoms with Crippen molar-refractivity contribution >= 4 is 28.2 Å². The fourth-order valence-electron chi connectivity index (χ4n) is 3.43. The van der Waals surface area contributed by atoms with E-state index in [2.05, 4.69) is 10.6 Å². The SMILES string of the molecule is COCCCNC(=O)c1c(NC(=O)COc2ccccc2C)sc2c1CCCC2. The van der Waals surface area contributed by atoms with Crippen LogP contribution in [0.4, 0.5) is 5.00 Å². The molecular formula is C22H28N2O4S. The first kappa shape index (κ1) is 21.3. The lowest BCUT2D eigenvalue weighted by Crippen LogP contribution is -2.28. The zero-order valence-corrected chi connectivity index (χ0v) is 17.8. The van der Waals surface area contributed by atoms with Crippen molar-refractivity contribution in [2.75, 3.05) is 32.2 Å². The summed E-state index contributed by atoms with van der Waals surface area (Å²) in [4.78, 5) is 26.5. The molecule has 156 valence electrons. The van der Waals surface area contributed by atoms with E-state index in [9.17, 15) is 9.59 Å². The van der Waals surface area contributed by atoms with Gasteiger partial charge >= 0.3 is 0 Å². The second kappa shape index (κ2) is 10.4. The number of carbonyl (C=O) groups is 2. The molecule has 1 aliphatic rings. The Morgan fingerprint density at radius 3 is 2.76 bits per heavy atom. The van der Waals surface area contributed by atoms with Crippen molar-refractivity contribution in [3.8, 4) is 5.75 Å². The fourth-order valence-corrected chi connectivity index (χ4v) is 4.73. The Morgan fingerprint density at radius 1 is 1.17 bits per heavy atom. The second-order valence-corrected chi connectivity index (χ2v) is 8.22. The molecule has 0 fully saturated rings. The number of benzene rings is 1. The largest absolute Gasteiger partial charge is 0.483 e. The molecule has 0 unspecified atom stereocenters. The highest BCUT2D eigenvalue weighted by Gasteiger charge is 2.26. The number of nitrogens with one attached hydrogen (secondary N) is 2. The predicted molar refractivity (Wildman–Crippen MR) is 115 cm³/mol. The number of aryl methyl sites for hydroxylation is 2. The quantitative estimate of drug-likeness (QED) is 0.611. The Balaban J connectivity index is 1.69. The lowest BCUT2D eigenvalue weighted by Gasteiger charge is -2.13. The highest BCUT2D eigenvalue weighted by atomic mass is 32.1. The number of methoxy groups -OCH3 is 1. The molecule has 7 heteroatoms. The monoisotopic (exact) mass is 416 g/mol. The lowest BCUT2D eigenvalue weighted by atomic mass is 9.95. The lowest BCUT2D eigenvalue weighted by molar-refractivity contribution is -0.118. The van der Waals surface area contributed by atoms with Crippen LogP contribution in [0.1, 0.15) is 45.6 Å². The molecule has 2 amide bonds. The van der Waals surface area contributed by atoms with E-state index < -0.39 is 0 Å². The number of fused-ring (bicyclic) bond motifs is 1. The number of para-hydroxylation sites is 1. The third-order valence-electron chi connectivity index (χ3n) is 4.91. The van der Waals surface area contributed by atoms with Gasteiger partial charge in [-0.2, -0.15) is 0 Å². The van der Waals surface area contributed by atoms with Crippen LogP contribution >= 0.6 is 11.3 Å². The molecule has 1 aromatic carbocycles. The average molecular weight is 417 g/mol. The molecule has 0 saturated carbocycles. The molecule has 3 rings (SSSR count). The fraction of sp³-hybridized carbons (Fsp3) is 0.455. The van der Waals surface area contributed by atoms with Crippen molar-refractivity contribution in [3.63, 3.8) is 0 Å². The van der Waals surface area contributed by atoms with E-state index in [1.165, 1.54) is 16.2 Å². The minimum Gasteiger partial charge on any atom is -0.483 e. The summed E-state index contributed by atoms with van der Waals surface area (Å²) in [6.07, 6.45) is 4.77. The molecule has 29 heavy (non-hydrogen) atoms. The maximum Gasteiger partial charge on any atom is 0.262 e. The van der Waals surface area contributed by atoms with Gasteiger partial charge in [-0.25, -0.2) is 0 Å². The van der Waals surface area contributed by atoms with Gasteiger partial charge in [-0.1, -0.05) is 18.2 Å². The van der Waals surface area contributed by atoms with Gasteiger partial charge in [0, 0.05) is 25.1 Å². The zero-order chi connectivity index (χ0) is 20.6. The third kappa shape index (κ3) is 5.58. The Bertz CT molecular complexity index is 862.